The lowest BCUT2D eigenvalue weighted by atomic mass is 9.73. The predicted octanol–water partition coefficient (Wildman–Crippen LogP) is 3.51. The summed E-state index contributed by atoms with van der Waals surface area (Å²) in [5.74, 6) is 0.317. The molecule has 0 fully saturated rings. The molecule has 2 aromatic carbocycles. The molecule has 1 heterocycles. The Morgan fingerprint density at radius 3 is 2.53 bits per heavy atom. The molecule has 0 aliphatic carbocycles. The summed E-state index contributed by atoms with van der Waals surface area (Å²) in [5.41, 5.74) is 3.06. The van der Waals surface area contributed by atoms with Crippen molar-refractivity contribution in [2.24, 2.45) is 4.99 Å². The maximum atomic E-state index is 10.1. The summed E-state index contributed by atoms with van der Waals surface area (Å²) in [6.07, 6.45) is 0. The van der Waals surface area contributed by atoms with Gasteiger partial charge in [-0.3, -0.25) is 4.99 Å². The topological polar surface area (TPSA) is 52.8 Å². The minimum atomic E-state index is -0.501. The second-order valence-corrected chi connectivity index (χ2v) is 5.04. The van der Waals surface area contributed by atoms with E-state index in [1.807, 2.05) is 38.1 Å². The minimum absolute atomic E-state index is 0.145. The molecule has 0 radical (unpaired) electrons. The molecule has 0 amide bonds. The Labute approximate surface area is 111 Å². The molecule has 1 aliphatic rings. The van der Waals surface area contributed by atoms with E-state index in [1.165, 1.54) is 12.1 Å². The second kappa shape index (κ2) is 3.85. The number of phenols is 2. The van der Waals surface area contributed by atoms with E-state index in [-0.39, 0.29) is 11.5 Å². The number of rotatable bonds is 1. The van der Waals surface area contributed by atoms with Gasteiger partial charge in [0.15, 0.2) is 0 Å². The number of phenolic OH excluding ortho intramolecular Hbond substituents is 2. The fourth-order valence-corrected chi connectivity index (χ4v) is 2.75. The lowest BCUT2D eigenvalue weighted by Gasteiger charge is -2.27. The fourth-order valence-electron chi connectivity index (χ4n) is 2.75. The van der Waals surface area contributed by atoms with Gasteiger partial charge in [-0.15, -0.1) is 0 Å². The van der Waals surface area contributed by atoms with E-state index in [0.29, 0.717) is 5.56 Å². The average Bonchev–Trinajstić information content (AvgIpc) is 2.66. The maximum Gasteiger partial charge on any atom is 0.120 e. The number of para-hydroxylation sites is 1. The molecule has 1 atom stereocenters. The molecule has 96 valence electrons. The van der Waals surface area contributed by atoms with Crippen molar-refractivity contribution < 1.29 is 10.2 Å². The Kier molecular flexibility index (Phi) is 2.39. The van der Waals surface area contributed by atoms with E-state index in [2.05, 4.69) is 4.99 Å². The molecular formula is C16H15NO2. The van der Waals surface area contributed by atoms with Crippen molar-refractivity contribution in [2.75, 3.05) is 0 Å². The quantitative estimate of drug-likeness (QED) is 0.764. The van der Waals surface area contributed by atoms with Crippen LogP contribution in [-0.4, -0.2) is 15.9 Å². The Bertz CT molecular complexity index is 691. The molecule has 3 rings (SSSR count). The molecule has 3 nitrogen and oxygen atoms in total. The zero-order valence-corrected chi connectivity index (χ0v) is 10.9. The highest BCUT2D eigenvalue weighted by Gasteiger charge is 2.40. The third-order valence-corrected chi connectivity index (χ3v) is 3.97. The Morgan fingerprint density at radius 2 is 1.74 bits per heavy atom. The number of aliphatic imine (C=N–C) groups is 1. The Morgan fingerprint density at radius 1 is 1.00 bits per heavy atom. The van der Waals surface area contributed by atoms with Gasteiger partial charge in [-0.2, -0.15) is 0 Å². The van der Waals surface area contributed by atoms with Crippen LogP contribution in [-0.2, 0) is 5.41 Å². The third kappa shape index (κ3) is 1.55. The molecule has 19 heavy (non-hydrogen) atoms. The van der Waals surface area contributed by atoms with Gasteiger partial charge >= 0.3 is 0 Å². The first kappa shape index (κ1) is 11.8. The normalized spacial score (nSPS) is 21.1. The largest absolute Gasteiger partial charge is 0.508 e. The minimum Gasteiger partial charge on any atom is -0.508 e. The SMILES string of the molecule is CC1=Nc2ccccc2C1(C)c1cc(O)ccc1O. The van der Waals surface area contributed by atoms with Crippen LogP contribution in [0.25, 0.3) is 0 Å². The van der Waals surface area contributed by atoms with Crippen LogP contribution in [0, 0.1) is 0 Å². The fraction of sp³-hybridized carbons (Fsp3) is 0.188. The Hall–Kier alpha value is -2.29. The van der Waals surface area contributed by atoms with Crippen molar-refractivity contribution in [2.45, 2.75) is 19.3 Å². The van der Waals surface area contributed by atoms with Gasteiger partial charge in [0.25, 0.3) is 0 Å². The van der Waals surface area contributed by atoms with Crippen molar-refractivity contribution in [3.8, 4) is 11.5 Å². The van der Waals surface area contributed by atoms with Gasteiger partial charge in [0.05, 0.1) is 11.1 Å². The van der Waals surface area contributed by atoms with E-state index >= 15 is 0 Å². The van der Waals surface area contributed by atoms with Crippen LogP contribution in [0.5, 0.6) is 11.5 Å². The first-order valence-electron chi connectivity index (χ1n) is 6.21. The second-order valence-electron chi connectivity index (χ2n) is 5.04. The monoisotopic (exact) mass is 253 g/mol. The molecule has 2 aromatic rings. The summed E-state index contributed by atoms with van der Waals surface area (Å²) < 4.78 is 0. The van der Waals surface area contributed by atoms with Crippen LogP contribution in [0.4, 0.5) is 5.69 Å². The molecule has 0 spiro atoms. The standard InChI is InChI=1S/C16H15NO2/c1-10-16(2,12-5-3-4-6-14(12)17-10)13-9-11(18)7-8-15(13)19/h3-9,18-19H,1-2H3. The predicted molar refractivity (Wildman–Crippen MR) is 75.4 cm³/mol. The van der Waals surface area contributed by atoms with Crippen LogP contribution in [0.1, 0.15) is 25.0 Å². The van der Waals surface area contributed by atoms with E-state index in [4.69, 9.17) is 0 Å². The lowest BCUT2D eigenvalue weighted by Crippen LogP contribution is -2.29. The molecule has 0 saturated heterocycles. The molecule has 3 heteroatoms. The van der Waals surface area contributed by atoms with Gasteiger partial charge < -0.3 is 10.2 Å². The highest BCUT2D eigenvalue weighted by atomic mass is 16.3. The summed E-state index contributed by atoms with van der Waals surface area (Å²) in [4.78, 5) is 4.58. The lowest BCUT2D eigenvalue weighted by molar-refractivity contribution is 0.448. The number of aromatic hydroxyl groups is 2. The molecule has 2 N–H and O–H groups in total. The van der Waals surface area contributed by atoms with Crippen LogP contribution >= 0.6 is 0 Å². The van der Waals surface area contributed by atoms with Crippen molar-refractivity contribution in [3.63, 3.8) is 0 Å². The van der Waals surface area contributed by atoms with E-state index in [0.717, 1.165) is 17.0 Å². The highest BCUT2D eigenvalue weighted by Crippen LogP contribution is 2.47. The van der Waals surface area contributed by atoms with E-state index < -0.39 is 5.41 Å². The van der Waals surface area contributed by atoms with Crippen LogP contribution in [0.3, 0.4) is 0 Å². The zero-order valence-electron chi connectivity index (χ0n) is 10.9. The first-order valence-corrected chi connectivity index (χ1v) is 6.21. The number of benzene rings is 2. The molecule has 0 bridgehead atoms. The van der Waals surface area contributed by atoms with Gasteiger partial charge in [0, 0.05) is 11.3 Å². The summed E-state index contributed by atoms with van der Waals surface area (Å²) in [5, 5.41) is 19.8. The first-order chi connectivity index (χ1) is 9.03. The zero-order chi connectivity index (χ0) is 13.6. The van der Waals surface area contributed by atoms with Gasteiger partial charge in [-0.05, 0) is 43.7 Å². The molecular weight excluding hydrogens is 238 g/mol. The van der Waals surface area contributed by atoms with Crippen molar-refractivity contribution >= 4 is 11.4 Å². The molecule has 0 aromatic heterocycles. The molecule has 0 saturated carbocycles. The molecule has 1 aliphatic heterocycles. The third-order valence-electron chi connectivity index (χ3n) is 3.97. The molecule has 1 unspecified atom stereocenters. The van der Waals surface area contributed by atoms with Crippen LogP contribution in [0.2, 0.25) is 0 Å². The van der Waals surface area contributed by atoms with Crippen LogP contribution in [0.15, 0.2) is 47.5 Å². The number of hydrogen-bond acceptors (Lipinski definition) is 3. The van der Waals surface area contributed by atoms with E-state index in [1.54, 1.807) is 6.07 Å². The van der Waals surface area contributed by atoms with Crippen molar-refractivity contribution in [1.29, 1.82) is 0 Å². The summed E-state index contributed by atoms with van der Waals surface area (Å²) in [7, 11) is 0. The van der Waals surface area contributed by atoms with Gasteiger partial charge in [0.1, 0.15) is 11.5 Å². The Balaban J connectivity index is 2.29. The van der Waals surface area contributed by atoms with Crippen LogP contribution < -0.4 is 0 Å². The average molecular weight is 253 g/mol. The summed E-state index contributed by atoms with van der Waals surface area (Å²) in [6, 6.07) is 12.5. The van der Waals surface area contributed by atoms with Crippen molar-refractivity contribution in [1.82, 2.24) is 0 Å². The van der Waals surface area contributed by atoms with E-state index in [9.17, 15) is 10.2 Å². The maximum absolute atomic E-state index is 10.1. The highest BCUT2D eigenvalue weighted by molar-refractivity contribution is 6.03. The summed E-state index contributed by atoms with van der Waals surface area (Å²) in [6.45, 7) is 3.97. The van der Waals surface area contributed by atoms with Crippen molar-refractivity contribution in [3.05, 3.63) is 53.6 Å². The number of hydrogen-bond donors (Lipinski definition) is 2. The van der Waals surface area contributed by atoms with Gasteiger partial charge in [-0.1, -0.05) is 18.2 Å². The van der Waals surface area contributed by atoms with Gasteiger partial charge in [-0.25, -0.2) is 0 Å². The number of fused-ring (bicyclic) bond motifs is 1. The van der Waals surface area contributed by atoms with Gasteiger partial charge in [0.2, 0.25) is 0 Å². The smallest absolute Gasteiger partial charge is 0.120 e. The summed E-state index contributed by atoms with van der Waals surface area (Å²) >= 11 is 0. The number of nitrogens with zero attached hydrogens (tertiary/aromatic N) is 1.